The predicted octanol–water partition coefficient (Wildman–Crippen LogP) is 2.76. The Labute approximate surface area is 132 Å². The van der Waals surface area contributed by atoms with Gasteiger partial charge in [0, 0.05) is 5.56 Å². The highest BCUT2D eigenvalue weighted by molar-refractivity contribution is 6.99. The Morgan fingerprint density at radius 1 is 1.29 bits per heavy atom. The van der Waals surface area contributed by atoms with E-state index in [1.165, 1.54) is 19.2 Å². The lowest BCUT2D eigenvalue weighted by Crippen LogP contribution is -2.16. The van der Waals surface area contributed by atoms with E-state index in [1.54, 1.807) is 0 Å². The monoisotopic (exact) mass is 347 g/mol. The molecule has 110 valence electrons. The maximum Gasteiger partial charge on any atom is 0.411 e. The molecule has 0 aliphatic rings. The highest BCUT2D eigenvalue weighted by atomic mass is 35.5. The number of benzene rings is 1. The zero-order chi connectivity index (χ0) is 15.6. The smallest absolute Gasteiger partial charge is 0.411 e. The molecule has 0 unspecified atom stereocenters. The summed E-state index contributed by atoms with van der Waals surface area (Å²) in [7, 11) is 1.22. The van der Waals surface area contributed by atoms with Gasteiger partial charge in [0.1, 0.15) is 0 Å². The van der Waals surface area contributed by atoms with Gasteiger partial charge in [0.05, 0.1) is 34.4 Å². The van der Waals surface area contributed by atoms with Crippen molar-refractivity contribution in [1.29, 1.82) is 0 Å². The molecule has 2 aromatic rings. The minimum absolute atomic E-state index is 0.0105. The molecule has 10 heteroatoms. The number of nitrogens with zero attached hydrogens (tertiary/aromatic N) is 2. The molecule has 0 fully saturated rings. The summed E-state index contributed by atoms with van der Waals surface area (Å²) in [6.45, 7) is 0. The average molecular weight is 348 g/mol. The normalized spacial score (nSPS) is 10.2. The molecule has 0 bridgehead atoms. The highest BCUT2D eigenvalue weighted by Gasteiger charge is 2.24. The zero-order valence-corrected chi connectivity index (χ0v) is 12.8. The van der Waals surface area contributed by atoms with Crippen LogP contribution in [0.1, 0.15) is 10.4 Å². The Hall–Kier alpha value is -1.90. The van der Waals surface area contributed by atoms with Crippen LogP contribution in [0.15, 0.2) is 12.1 Å². The van der Waals surface area contributed by atoms with Crippen LogP contribution in [0.3, 0.4) is 0 Å². The van der Waals surface area contributed by atoms with Gasteiger partial charge in [0.25, 0.3) is 5.88 Å². The first-order valence-corrected chi connectivity index (χ1v) is 6.80. The molecule has 0 aliphatic heterocycles. The quantitative estimate of drug-likeness (QED) is 0.855. The standard InChI is InChI=1S/C11H7Cl2N3O4S/c1-19-10(17)4-2-3-5(12)6(7(4)13)8-9(16-21-15-8)20-11(14)18/h2-3H,1H3,(H2,14,18). The number of halogens is 2. The molecule has 1 amide bonds. The molecule has 1 aromatic carbocycles. The van der Waals surface area contributed by atoms with E-state index in [-0.39, 0.29) is 32.7 Å². The van der Waals surface area contributed by atoms with E-state index in [0.29, 0.717) is 0 Å². The van der Waals surface area contributed by atoms with Crippen molar-refractivity contribution in [3.8, 4) is 17.1 Å². The molecule has 1 aromatic heterocycles. The van der Waals surface area contributed by atoms with Crippen molar-refractivity contribution in [2.45, 2.75) is 0 Å². The van der Waals surface area contributed by atoms with Crippen LogP contribution >= 0.6 is 34.9 Å². The third kappa shape index (κ3) is 3.07. The van der Waals surface area contributed by atoms with Gasteiger partial charge in [-0.25, -0.2) is 9.59 Å². The van der Waals surface area contributed by atoms with Gasteiger partial charge in [-0.3, -0.25) is 0 Å². The maximum absolute atomic E-state index is 11.6. The molecule has 2 rings (SSSR count). The summed E-state index contributed by atoms with van der Waals surface area (Å²) in [6, 6.07) is 2.86. The Morgan fingerprint density at radius 2 is 2.00 bits per heavy atom. The van der Waals surface area contributed by atoms with Gasteiger partial charge >= 0.3 is 12.1 Å². The number of carbonyl (C=O) groups excluding carboxylic acids is 2. The molecule has 0 radical (unpaired) electrons. The van der Waals surface area contributed by atoms with Crippen molar-refractivity contribution in [2.75, 3.05) is 7.11 Å². The highest BCUT2D eigenvalue weighted by Crippen LogP contribution is 2.40. The lowest BCUT2D eigenvalue weighted by atomic mass is 10.1. The van der Waals surface area contributed by atoms with Crippen molar-refractivity contribution in [3.05, 3.63) is 27.7 Å². The number of amides is 1. The first kappa shape index (κ1) is 15.5. The number of primary amides is 1. The second-order valence-electron chi connectivity index (χ2n) is 3.61. The van der Waals surface area contributed by atoms with Crippen molar-refractivity contribution in [1.82, 2.24) is 8.75 Å². The number of ether oxygens (including phenoxy) is 2. The fourth-order valence-corrected chi connectivity index (χ4v) is 2.65. The summed E-state index contributed by atoms with van der Waals surface area (Å²) in [6.07, 6.45) is -1.06. The van der Waals surface area contributed by atoms with Crippen LogP contribution in [0.2, 0.25) is 10.0 Å². The van der Waals surface area contributed by atoms with Crippen molar-refractivity contribution in [3.63, 3.8) is 0 Å². The Balaban J connectivity index is 2.61. The van der Waals surface area contributed by atoms with Crippen LogP contribution < -0.4 is 10.5 Å². The van der Waals surface area contributed by atoms with E-state index in [1.807, 2.05) is 0 Å². The Morgan fingerprint density at radius 3 is 2.62 bits per heavy atom. The Kier molecular flexibility index (Phi) is 4.61. The van der Waals surface area contributed by atoms with Gasteiger partial charge in [-0.1, -0.05) is 23.2 Å². The summed E-state index contributed by atoms with van der Waals surface area (Å²) in [4.78, 5) is 22.5. The maximum atomic E-state index is 11.6. The van der Waals surface area contributed by atoms with E-state index >= 15 is 0 Å². The molecule has 0 saturated carbocycles. The molecule has 0 saturated heterocycles. The molecule has 2 N–H and O–H groups in total. The van der Waals surface area contributed by atoms with Gasteiger partial charge in [-0.05, 0) is 12.1 Å². The van der Waals surface area contributed by atoms with Gasteiger partial charge in [-0.2, -0.15) is 4.37 Å². The number of hydrogen-bond donors (Lipinski definition) is 1. The van der Waals surface area contributed by atoms with Gasteiger partial charge in [0.2, 0.25) is 0 Å². The first-order valence-electron chi connectivity index (χ1n) is 5.32. The molecular formula is C11H7Cl2N3O4S. The lowest BCUT2D eigenvalue weighted by Gasteiger charge is -2.09. The van der Waals surface area contributed by atoms with Crippen molar-refractivity contribution in [2.24, 2.45) is 5.73 Å². The molecule has 0 spiro atoms. The number of carbonyl (C=O) groups is 2. The molecule has 0 atom stereocenters. The second kappa shape index (κ2) is 6.25. The summed E-state index contributed by atoms with van der Waals surface area (Å²) in [5, 5.41) is 0.214. The van der Waals surface area contributed by atoms with Gasteiger partial charge < -0.3 is 15.2 Å². The summed E-state index contributed by atoms with van der Waals surface area (Å²) < 4.78 is 17.1. The lowest BCUT2D eigenvalue weighted by molar-refractivity contribution is 0.0601. The molecular weight excluding hydrogens is 341 g/mol. The zero-order valence-electron chi connectivity index (χ0n) is 10.4. The average Bonchev–Trinajstić information content (AvgIpc) is 2.85. The number of esters is 1. The van der Waals surface area contributed by atoms with Gasteiger partial charge in [0.15, 0.2) is 5.69 Å². The SMILES string of the molecule is COC(=O)c1ccc(Cl)c(-c2nsnc2OC(N)=O)c1Cl. The third-order valence-corrected chi connectivity index (χ3v) is 3.61. The summed E-state index contributed by atoms with van der Waals surface area (Å²) >= 11 is 13.0. The van der Waals surface area contributed by atoms with E-state index < -0.39 is 12.1 Å². The van der Waals surface area contributed by atoms with Crippen molar-refractivity contribution < 1.29 is 19.1 Å². The molecule has 7 nitrogen and oxygen atoms in total. The molecule has 21 heavy (non-hydrogen) atoms. The predicted molar refractivity (Wildman–Crippen MR) is 76.9 cm³/mol. The largest absolute Gasteiger partial charge is 0.465 e. The molecule has 0 aliphatic carbocycles. The molecule has 1 heterocycles. The van der Waals surface area contributed by atoms with Crippen molar-refractivity contribution >= 4 is 47.0 Å². The van der Waals surface area contributed by atoms with Crippen LogP contribution in [-0.2, 0) is 4.74 Å². The van der Waals surface area contributed by atoms with Gasteiger partial charge in [-0.15, -0.1) is 4.37 Å². The fourth-order valence-electron chi connectivity index (χ4n) is 1.53. The van der Waals surface area contributed by atoms with Crippen LogP contribution in [0.25, 0.3) is 11.3 Å². The van der Waals surface area contributed by atoms with E-state index in [2.05, 4.69) is 13.5 Å². The van der Waals surface area contributed by atoms with Crippen LogP contribution in [0, 0.1) is 0 Å². The minimum Gasteiger partial charge on any atom is -0.465 e. The van der Waals surface area contributed by atoms with Crippen LogP contribution in [0.5, 0.6) is 5.88 Å². The summed E-state index contributed by atoms with van der Waals surface area (Å²) in [5.74, 6) is -0.781. The Bertz CT molecular complexity index is 719. The van der Waals surface area contributed by atoms with E-state index in [9.17, 15) is 9.59 Å². The fraction of sp³-hybridized carbons (Fsp3) is 0.0909. The minimum atomic E-state index is -1.06. The first-order chi connectivity index (χ1) is 9.95. The number of rotatable bonds is 3. The second-order valence-corrected chi connectivity index (χ2v) is 4.93. The van der Waals surface area contributed by atoms with E-state index in [0.717, 1.165) is 11.7 Å². The number of hydrogen-bond acceptors (Lipinski definition) is 7. The van der Waals surface area contributed by atoms with Crippen LogP contribution in [0.4, 0.5) is 4.79 Å². The summed E-state index contributed by atoms with van der Waals surface area (Å²) in [5.41, 5.74) is 5.35. The number of methoxy groups -OCH3 is 1. The van der Waals surface area contributed by atoms with E-state index in [4.69, 9.17) is 33.7 Å². The third-order valence-electron chi connectivity index (χ3n) is 2.39. The number of aromatic nitrogens is 2. The number of nitrogens with two attached hydrogens (primary N) is 1. The topological polar surface area (TPSA) is 104 Å². The van der Waals surface area contributed by atoms with Crippen LogP contribution in [-0.4, -0.2) is 27.9 Å².